The molecular formula is C29H35NO2S. The lowest BCUT2D eigenvalue weighted by molar-refractivity contribution is 0.415. The van der Waals surface area contributed by atoms with Crippen LogP contribution in [0.1, 0.15) is 81.5 Å². The van der Waals surface area contributed by atoms with Crippen LogP contribution in [-0.4, -0.2) is 17.5 Å². The summed E-state index contributed by atoms with van der Waals surface area (Å²) in [6.07, 6.45) is 1.81. The number of hydrogen-bond donors (Lipinski definition) is 0. The van der Waals surface area contributed by atoms with Crippen LogP contribution < -0.4 is 4.74 Å². The summed E-state index contributed by atoms with van der Waals surface area (Å²) in [5.74, 6) is 1.77. The SMILES string of the molecule is COc1ccc(N=Cc2ccccc2S(=O)c2c(C(C)C)cc(C(C)C)cc2C(C)C)cc1. The van der Waals surface area contributed by atoms with Crippen LogP contribution in [0.15, 0.2) is 75.4 Å². The molecule has 3 aromatic carbocycles. The van der Waals surface area contributed by atoms with Crippen molar-refractivity contribution in [3.05, 3.63) is 82.9 Å². The molecule has 0 radical (unpaired) electrons. The third-order valence-corrected chi connectivity index (χ3v) is 7.42. The lowest BCUT2D eigenvalue weighted by Gasteiger charge is -2.22. The molecule has 1 unspecified atom stereocenters. The molecule has 1 atom stereocenters. The fourth-order valence-corrected chi connectivity index (χ4v) is 5.56. The van der Waals surface area contributed by atoms with Gasteiger partial charge in [-0.15, -0.1) is 0 Å². The number of ether oxygens (including phenoxy) is 1. The van der Waals surface area contributed by atoms with Gasteiger partial charge in [0.15, 0.2) is 0 Å². The summed E-state index contributed by atoms with van der Waals surface area (Å²) >= 11 is 0. The number of aliphatic imine (C=N–C) groups is 1. The molecule has 0 aliphatic heterocycles. The highest BCUT2D eigenvalue weighted by Crippen LogP contribution is 2.36. The van der Waals surface area contributed by atoms with Crippen molar-refractivity contribution in [1.29, 1.82) is 0 Å². The summed E-state index contributed by atoms with van der Waals surface area (Å²) in [5, 5.41) is 0. The molecule has 33 heavy (non-hydrogen) atoms. The molecule has 0 aromatic heterocycles. The number of nitrogens with zero attached hydrogens (tertiary/aromatic N) is 1. The first-order chi connectivity index (χ1) is 15.7. The minimum atomic E-state index is -1.32. The number of rotatable bonds is 8. The van der Waals surface area contributed by atoms with Gasteiger partial charge in [-0.25, -0.2) is 4.21 Å². The van der Waals surface area contributed by atoms with Crippen molar-refractivity contribution in [3.8, 4) is 5.75 Å². The summed E-state index contributed by atoms with van der Waals surface area (Å²) in [5.41, 5.74) is 5.33. The van der Waals surface area contributed by atoms with Crippen molar-refractivity contribution < 1.29 is 8.95 Å². The van der Waals surface area contributed by atoms with E-state index in [9.17, 15) is 4.21 Å². The molecule has 0 amide bonds. The Hall–Kier alpha value is -2.72. The maximum absolute atomic E-state index is 14.1. The Kier molecular flexibility index (Phi) is 8.25. The quantitative estimate of drug-likeness (QED) is 0.319. The average Bonchev–Trinajstić information content (AvgIpc) is 2.81. The first kappa shape index (κ1) is 24.9. The Morgan fingerprint density at radius 2 is 1.39 bits per heavy atom. The second-order valence-electron chi connectivity index (χ2n) is 9.26. The number of benzene rings is 3. The van der Waals surface area contributed by atoms with Crippen LogP contribution in [0.25, 0.3) is 0 Å². The van der Waals surface area contributed by atoms with Gasteiger partial charge in [0.1, 0.15) is 5.75 Å². The van der Waals surface area contributed by atoms with E-state index in [-0.39, 0.29) is 11.8 Å². The second-order valence-corrected chi connectivity index (χ2v) is 10.6. The van der Waals surface area contributed by atoms with E-state index in [2.05, 4.69) is 58.7 Å². The highest BCUT2D eigenvalue weighted by molar-refractivity contribution is 7.85. The molecule has 0 saturated heterocycles. The van der Waals surface area contributed by atoms with Crippen molar-refractivity contribution in [1.82, 2.24) is 0 Å². The molecule has 0 heterocycles. The first-order valence-corrected chi connectivity index (χ1v) is 12.7. The first-order valence-electron chi connectivity index (χ1n) is 11.6. The molecule has 3 aromatic rings. The molecule has 174 valence electrons. The average molecular weight is 462 g/mol. The van der Waals surface area contributed by atoms with Gasteiger partial charge in [-0.1, -0.05) is 71.9 Å². The predicted molar refractivity (Wildman–Crippen MR) is 140 cm³/mol. The Bertz CT molecular complexity index is 1120. The monoisotopic (exact) mass is 461 g/mol. The lowest BCUT2D eigenvalue weighted by Crippen LogP contribution is -2.09. The van der Waals surface area contributed by atoms with Gasteiger partial charge < -0.3 is 4.74 Å². The van der Waals surface area contributed by atoms with Gasteiger partial charge in [-0.2, -0.15) is 0 Å². The minimum absolute atomic E-state index is 0.278. The number of hydrogen-bond acceptors (Lipinski definition) is 3. The summed E-state index contributed by atoms with van der Waals surface area (Å²) in [4.78, 5) is 6.37. The van der Waals surface area contributed by atoms with Gasteiger partial charge >= 0.3 is 0 Å². The third kappa shape index (κ3) is 5.80. The fraction of sp³-hybridized carbons (Fsp3) is 0.345. The van der Waals surface area contributed by atoms with E-state index in [1.54, 1.807) is 7.11 Å². The van der Waals surface area contributed by atoms with Gasteiger partial charge in [0, 0.05) is 11.8 Å². The maximum atomic E-state index is 14.1. The number of methoxy groups -OCH3 is 1. The van der Waals surface area contributed by atoms with Crippen molar-refractivity contribution in [2.24, 2.45) is 4.99 Å². The van der Waals surface area contributed by atoms with Gasteiger partial charge in [0.25, 0.3) is 0 Å². The van der Waals surface area contributed by atoms with Crippen LogP contribution in [-0.2, 0) is 10.8 Å². The lowest BCUT2D eigenvalue weighted by atomic mass is 9.89. The van der Waals surface area contributed by atoms with Gasteiger partial charge in [-0.3, -0.25) is 4.99 Å². The zero-order valence-corrected chi connectivity index (χ0v) is 21.6. The minimum Gasteiger partial charge on any atom is -0.497 e. The summed E-state index contributed by atoms with van der Waals surface area (Å²) in [6.45, 7) is 13.2. The molecule has 0 saturated carbocycles. The van der Waals surface area contributed by atoms with Crippen molar-refractivity contribution >= 4 is 22.7 Å². The molecule has 3 nitrogen and oxygen atoms in total. The normalized spacial score (nSPS) is 12.8. The summed E-state index contributed by atoms with van der Waals surface area (Å²) in [6, 6.07) is 19.9. The maximum Gasteiger partial charge on any atom is 0.119 e. The second kappa shape index (κ2) is 10.9. The summed E-state index contributed by atoms with van der Waals surface area (Å²) < 4.78 is 19.3. The van der Waals surface area contributed by atoms with Crippen LogP contribution in [0.2, 0.25) is 0 Å². The fourth-order valence-electron chi connectivity index (χ4n) is 3.78. The van der Waals surface area contributed by atoms with Gasteiger partial charge in [-0.05, 0) is 64.8 Å². The topological polar surface area (TPSA) is 38.7 Å². The highest BCUT2D eigenvalue weighted by atomic mass is 32.2. The van der Waals surface area contributed by atoms with E-state index in [4.69, 9.17) is 4.74 Å². The zero-order chi connectivity index (χ0) is 24.1. The van der Waals surface area contributed by atoms with Crippen molar-refractivity contribution in [2.75, 3.05) is 7.11 Å². The van der Waals surface area contributed by atoms with E-state index < -0.39 is 10.8 Å². The molecule has 0 N–H and O–H groups in total. The largest absolute Gasteiger partial charge is 0.497 e. The molecule has 4 heteroatoms. The summed E-state index contributed by atoms with van der Waals surface area (Å²) in [7, 11) is 0.329. The van der Waals surface area contributed by atoms with Gasteiger partial charge in [0.2, 0.25) is 0 Å². The molecule has 0 spiro atoms. The smallest absolute Gasteiger partial charge is 0.119 e. The van der Waals surface area contributed by atoms with Crippen LogP contribution in [0.3, 0.4) is 0 Å². The molecule has 0 aliphatic rings. The zero-order valence-electron chi connectivity index (χ0n) is 20.8. The molecule has 3 rings (SSSR count). The van der Waals surface area contributed by atoms with Crippen molar-refractivity contribution in [2.45, 2.75) is 69.1 Å². The Morgan fingerprint density at radius 3 is 1.91 bits per heavy atom. The van der Waals surface area contributed by atoms with E-state index >= 15 is 0 Å². The van der Waals surface area contributed by atoms with E-state index in [1.165, 1.54) is 16.7 Å². The Labute approximate surface area is 201 Å². The standard InChI is InChI=1S/C29H35NO2S/c1-19(2)23-16-26(20(3)4)29(27(17-23)21(5)6)33(31)28-11-9-8-10-22(28)18-30-24-12-14-25(32-7)15-13-24/h8-21H,1-7H3. The molecular weight excluding hydrogens is 426 g/mol. The molecule has 0 bridgehead atoms. The third-order valence-electron chi connectivity index (χ3n) is 5.81. The van der Waals surface area contributed by atoms with Crippen LogP contribution in [0.5, 0.6) is 5.75 Å². The molecule has 0 fully saturated rings. The van der Waals surface area contributed by atoms with Crippen LogP contribution in [0, 0.1) is 0 Å². The van der Waals surface area contributed by atoms with E-state index in [1.807, 2.05) is 54.7 Å². The van der Waals surface area contributed by atoms with Crippen molar-refractivity contribution in [3.63, 3.8) is 0 Å². The Morgan fingerprint density at radius 1 is 0.818 bits per heavy atom. The van der Waals surface area contributed by atoms with E-state index in [0.29, 0.717) is 5.92 Å². The Balaban J connectivity index is 2.10. The molecule has 0 aliphatic carbocycles. The van der Waals surface area contributed by atoms with Crippen LogP contribution in [0.4, 0.5) is 5.69 Å². The predicted octanol–water partition coefficient (Wildman–Crippen LogP) is 7.98. The highest BCUT2D eigenvalue weighted by Gasteiger charge is 2.23. The van der Waals surface area contributed by atoms with E-state index in [0.717, 1.165) is 26.8 Å². The van der Waals surface area contributed by atoms with Crippen LogP contribution >= 0.6 is 0 Å². The van der Waals surface area contributed by atoms with Gasteiger partial charge in [0.05, 0.1) is 33.4 Å².